The summed E-state index contributed by atoms with van der Waals surface area (Å²) in [6.07, 6.45) is 3.68. The van der Waals surface area contributed by atoms with Gasteiger partial charge in [-0.2, -0.15) is 0 Å². The number of likely N-dealkylation sites (tertiary alicyclic amines) is 1. The van der Waals surface area contributed by atoms with Crippen molar-refractivity contribution in [2.45, 2.75) is 46.6 Å². The van der Waals surface area contributed by atoms with E-state index < -0.39 is 0 Å². The number of hydrogen-bond acceptors (Lipinski definition) is 3. The Labute approximate surface area is 133 Å². The van der Waals surface area contributed by atoms with Gasteiger partial charge in [-0.1, -0.05) is 26.0 Å². The Morgan fingerprint density at radius 2 is 1.86 bits per heavy atom. The molecule has 4 nitrogen and oxygen atoms in total. The van der Waals surface area contributed by atoms with Crippen molar-refractivity contribution in [2.75, 3.05) is 13.6 Å². The van der Waals surface area contributed by atoms with Crippen molar-refractivity contribution >= 4 is 12.7 Å². The third kappa shape index (κ3) is 10.0. The molecule has 0 aliphatic carbocycles. The van der Waals surface area contributed by atoms with Crippen LogP contribution in [-0.4, -0.2) is 37.2 Å². The minimum Gasteiger partial charge on any atom is -0.372 e. The van der Waals surface area contributed by atoms with Gasteiger partial charge >= 0.3 is 0 Å². The van der Waals surface area contributed by atoms with Gasteiger partial charge in [-0.15, -0.1) is 0 Å². The first-order valence-corrected chi connectivity index (χ1v) is 7.53. The van der Waals surface area contributed by atoms with Crippen LogP contribution in [0.15, 0.2) is 18.2 Å². The van der Waals surface area contributed by atoms with Crippen LogP contribution in [0.5, 0.6) is 0 Å². The summed E-state index contributed by atoms with van der Waals surface area (Å²) in [7, 11) is 2.19. The molecule has 1 heterocycles. The lowest BCUT2D eigenvalue weighted by Gasteiger charge is -2.12. The Bertz CT molecular complexity index is 417. The fourth-order valence-electron chi connectivity index (χ4n) is 1.76. The monoisotopic (exact) mass is 312 g/mol. The summed E-state index contributed by atoms with van der Waals surface area (Å²) in [4.78, 5) is 21.1. The number of amides is 1. The minimum atomic E-state index is -0.329. The summed E-state index contributed by atoms with van der Waals surface area (Å²) < 4.78 is 12.6. The van der Waals surface area contributed by atoms with Gasteiger partial charge in [-0.3, -0.25) is 9.59 Å². The molecule has 0 saturated carbocycles. The predicted molar refractivity (Wildman–Crippen MR) is 89.4 cm³/mol. The summed E-state index contributed by atoms with van der Waals surface area (Å²) >= 11 is 0. The van der Waals surface area contributed by atoms with Crippen molar-refractivity contribution in [1.29, 1.82) is 0 Å². The number of carbonyl (C=O) groups excluding carboxylic acids is 2. The SMILES string of the molecule is CC.C[C@H]1CCCN1C.Cc1ccc(C=O)cc1F.NC=O. The van der Waals surface area contributed by atoms with Crippen molar-refractivity contribution in [3.8, 4) is 0 Å². The van der Waals surface area contributed by atoms with E-state index in [0.717, 1.165) is 6.04 Å². The van der Waals surface area contributed by atoms with Gasteiger partial charge in [0.15, 0.2) is 0 Å². The third-order valence-electron chi connectivity index (χ3n) is 3.22. The summed E-state index contributed by atoms with van der Waals surface area (Å²) in [6.45, 7) is 9.25. The smallest absolute Gasteiger partial charge is 0.204 e. The van der Waals surface area contributed by atoms with Crippen LogP contribution in [0.4, 0.5) is 4.39 Å². The van der Waals surface area contributed by atoms with E-state index in [0.29, 0.717) is 17.4 Å². The van der Waals surface area contributed by atoms with E-state index >= 15 is 0 Å². The molecule has 1 saturated heterocycles. The van der Waals surface area contributed by atoms with Gasteiger partial charge in [0.1, 0.15) is 12.1 Å². The number of primary amides is 1. The van der Waals surface area contributed by atoms with Crippen molar-refractivity contribution in [3.63, 3.8) is 0 Å². The zero-order chi connectivity index (χ0) is 17.5. The average molecular weight is 312 g/mol. The Hall–Kier alpha value is -1.75. The zero-order valence-corrected chi connectivity index (χ0v) is 14.3. The lowest BCUT2D eigenvalue weighted by Crippen LogP contribution is -2.20. The lowest BCUT2D eigenvalue weighted by atomic mass is 10.1. The molecule has 5 heteroatoms. The molecule has 1 aromatic rings. The van der Waals surface area contributed by atoms with Crippen LogP contribution in [0.2, 0.25) is 0 Å². The number of rotatable bonds is 1. The molecular formula is C17H29FN2O2. The second kappa shape index (κ2) is 14.2. The number of nitrogens with two attached hydrogens (primary N) is 1. The molecule has 0 aromatic heterocycles. The molecular weight excluding hydrogens is 283 g/mol. The van der Waals surface area contributed by atoms with E-state index in [1.165, 1.54) is 25.5 Å². The van der Waals surface area contributed by atoms with Crippen molar-refractivity contribution in [1.82, 2.24) is 4.90 Å². The van der Waals surface area contributed by atoms with E-state index in [1.54, 1.807) is 19.1 Å². The first kappa shape index (κ1) is 22.5. The molecule has 1 amide bonds. The zero-order valence-electron chi connectivity index (χ0n) is 14.3. The average Bonchev–Trinajstić information content (AvgIpc) is 2.89. The van der Waals surface area contributed by atoms with Gasteiger partial charge in [-0.25, -0.2) is 4.39 Å². The van der Waals surface area contributed by atoms with Crippen LogP contribution in [0, 0.1) is 12.7 Å². The molecule has 0 bridgehead atoms. The summed E-state index contributed by atoms with van der Waals surface area (Å²) in [6, 6.07) is 5.24. The van der Waals surface area contributed by atoms with E-state index in [-0.39, 0.29) is 12.2 Å². The maximum atomic E-state index is 12.6. The van der Waals surface area contributed by atoms with Crippen LogP contribution < -0.4 is 5.73 Å². The maximum Gasteiger partial charge on any atom is 0.204 e. The second-order valence-electron chi connectivity index (χ2n) is 4.73. The van der Waals surface area contributed by atoms with Crippen molar-refractivity contribution < 1.29 is 14.0 Å². The molecule has 1 aliphatic rings. The number of aryl methyl sites for hydroxylation is 1. The first-order chi connectivity index (χ1) is 10.5. The topological polar surface area (TPSA) is 63.4 Å². The first-order valence-electron chi connectivity index (χ1n) is 7.53. The lowest BCUT2D eigenvalue weighted by molar-refractivity contribution is -0.106. The van der Waals surface area contributed by atoms with E-state index in [9.17, 15) is 9.18 Å². The Kier molecular flexibility index (Phi) is 14.5. The molecule has 0 unspecified atom stereocenters. The fourth-order valence-corrected chi connectivity index (χ4v) is 1.76. The van der Waals surface area contributed by atoms with Crippen LogP contribution >= 0.6 is 0 Å². The van der Waals surface area contributed by atoms with Gasteiger partial charge in [0.2, 0.25) is 6.41 Å². The molecule has 2 rings (SSSR count). The van der Waals surface area contributed by atoms with Crippen LogP contribution in [0.3, 0.4) is 0 Å². The normalized spacial score (nSPS) is 16.0. The maximum absolute atomic E-state index is 12.6. The molecule has 1 atom stereocenters. The van der Waals surface area contributed by atoms with Gasteiger partial charge in [-0.05, 0) is 51.9 Å². The number of halogens is 1. The van der Waals surface area contributed by atoms with Gasteiger partial charge in [0.05, 0.1) is 0 Å². The Morgan fingerprint density at radius 3 is 2.14 bits per heavy atom. The standard InChI is InChI=1S/C8H7FO.C6H13N.C2H6.CH3NO/c1-6-2-3-7(5-10)4-8(6)9;1-6-4-3-5-7(6)2;1-2;2-1-3/h2-5H,1H3;6H,3-5H2,1-2H3;1-2H3;1H,(H2,2,3)/t;6-;;/m.0../s1. The van der Waals surface area contributed by atoms with Crippen LogP contribution in [-0.2, 0) is 4.79 Å². The summed E-state index contributed by atoms with van der Waals surface area (Å²) in [5.41, 5.74) is 5.11. The molecule has 0 spiro atoms. The number of nitrogens with zero attached hydrogens (tertiary/aromatic N) is 1. The highest BCUT2D eigenvalue weighted by Crippen LogP contribution is 2.12. The Morgan fingerprint density at radius 1 is 1.32 bits per heavy atom. The molecule has 0 radical (unpaired) electrons. The minimum absolute atomic E-state index is 0.250. The number of hydrogen-bond donors (Lipinski definition) is 1. The van der Waals surface area contributed by atoms with Crippen LogP contribution in [0.1, 0.15) is 49.5 Å². The molecule has 2 N–H and O–H groups in total. The van der Waals surface area contributed by atoms with Crippen LogP contribution in [0.25, 0.3) is 0 Å². The predicted octanol–water partition coefficient (Wildman–Crippen LogP) is 3.17. The highest BCUT2D eigenvalue weighted by atomic mass is 19.1. The quantitative estimate of drug-likeness (QED) is 0.810. The van der Waals surface area contributed by atoms with Gasteiger partial charge in [0.25, 0.3) is 0 Å². The van der Waals surface area contributed by atoms with Gasteiger partial charge in [0, 0.05) is 11.6 Å². The molecule has 126 valence electrons. The van der Waals surface area contributed by atoms with Gasteiger partial charge < -0.3 is 10.6 Å². The third-order valence-corrected chi connectivity index (χ3v) is 3.22. The number of carbonyl (C=O) groups is 2. The number of aldehydes is 1. The van der Waals surface area contributed by atoms with E-state index in [4.69, 9.17) is 4.79 Å². The molecule has 1 fully saturated rings. The van der Waals surface area contributed by atoms with E-state index in [1.807, 2.05) is 13.8 Å². The number of benzene rings is 1. The largest absolute Gasteiger partial charge is 0.372 e. The second-order valence-corrected chi connectivity index (χ2v) is 4.73. The van der Waals surface area contributed by atoms with Crippen molar-refractivity contribution in [2.24, 2.45) is 5.73 Å². The molecule has 1 aromatic carbocycles. The highest BCUT2D eigenvalue weighted by Gasteiger charge is 2.14. The summed E-state index contributed by atoms with van der Waals surface area (Å²) in [5.74, 6) is -0.329. The summed E-state index contributed by atoms with van der Waals surface area (Å²) in [5, 5.41) is 0. The van der Waals surface area contributed by atoms with E-state index in [2.05, 4.69) is 24.6 Å². The Balaban J connectivity index is 0. The molecule has 22 heavy (non-hydrogen) atoms. The molecule has 1 aliphatic heterocycles. The fraction of sp³-hybridized carbons (Fsp3) is 0.529. The highest BCUT2D eigenvalue weighted by molar-refractivity contribution is 5.74. The van der Waals surface area contributed by atoms with Crippen molar-refractivity contribution in [3.05, 3.63) is 35.1 Å².